The third kappa shape index (κ3) is 2.73. The van der Waals surface area contributed by atoms with Crippen LogP contribution < -0.4 is 0 Å². The van der Waals surface area contributed by atoms with E-state index in [9.17, 15) is 0 Å². The van der Waals surface area contributed by atoms with E-state index in [4.69, 9.17) is 0 Å². The first-order valence-corrected chi connectivity index (χ1v) is 4.13. The summed E-state index contributed by atoms with van der Waals surface area (Å²) in [5.41, 5.74) is 1.03. The molecule has 0 radical (unpaired) electrons. The topological polar surface area (TPSA) is 15.6 Å². The average Bonchev–Trinajstić information content (AvgIpc) is 1.91. The smallest absolute Gasteiger partial charge is 0.0450 e. The van der Waals surface area contributed by atoms with Crippen LogP contribution in [-0.2, 0) is 0 Å². The van der Waals surface area contributed by atoms with Gasteiger partial charge in [-0.1, -0.05) is 6.58 Å². The molecule has 0 bridgehead atoms. The van der Waals surface area contributed by atoms with Crippen molar-refractivity contribution in [2.75, 3.05) is 6.26 Å². The van der Waals surface area contributed by atoms with E-state index < -0.39 is 0 Å². The third-order valence-corrected chi connectivity index (χ3v) is 1.55. The molecule has 0 saturated carbocycles. The quantitative estimate of drug-likeness (QED) is 0.458. The van der Waals surface area contributed by atoms with Crippen molar-refractivity contribution in [1.29, 1.82) is 0 Å². The normalized spacial score (nSPS) is 10.8. The fraction of sp³-hybridized carbons (Fsp3) is 0.286. The zero-order valence-electron chi connectivity index (χ0n) is 6.37. The molecule has 0 aliphatic rings. The van der Waals surface area contributed by atoms with Crippen LogP contribution >= 0.6 is 11.8 Å². The molecule has 0 atom stereocenters. The van der Waals surface area contributed by atoms with Crippen LogP contribution in [0, 0.1) is 0 Å². The average molecular weight is 156 g/mol. The summed E-state index contributed by atoms with van der Waals surface area (Å²) < 4.78 is 0. The van der Waals surface area contributed by atoms with Gasteiger partial charge in [-0.3, -0.25) is 0 Å². The van der Waals surface area contributed by atoms with Crippen molar-refractivity contribution in [3.63, 3.8) is 0 Å². The van der Waals surface area contributed by atoms with Crippen molar-refractivity contribution in [2.24, 2.45) is 5.10 Å². The Balaban J connectivity index is 4.13. The summed E-state index contributed by atoms with van der Waals surface area (Å²) in [6.07, 6.45) is 3.61. The van der Waals surface area contributed by atoms with Gasteiger partial charge in [-0.25, -0.2) is 5.01 Å². The molecular formula is C7H12N2S. The zero-order valence-corrected chi connectivity index (χ0v) is 7.19. The van der Waals surface area contributed by atoms with E-state index in [1.165, 1.54) is 0 Å². The number of hydrogen-bond donors (Lipinski definition) is 0. The second kappa shape index (κ2) is 5.11. The molecule has 0 spiro atoms. The number of allylic oxidation sites excluding steroid dienone is 1. The summed E-state index contributed by atoms with van der Waals surface area (Å²) in [5.74, 6) is 0. The maximum absolute atomic E-state index is 3.71. The first-order chi connectivity index (χ1) is 4.76. The largest absolute Gasteiger partial charge is 0.246 e. The van der Waals surface area contributed by atoms with Crippen LogP contribution in [0.3, 0.4) is 0 Å². The number of hydrogen-bond acceptors (Lipinski definition) is 3. The molecule has 0 aliphatic carbocycles. The van der Waals surface area contributed by atoms with E-state index in [0.717, 1.165) is 5.70 Å². The van der Waals surface area contributed by atoms with Gasteiger partial charge < -0.3 is 0 Å². The maximum Gasteiger partial charge on any atom is 0.0450 e. The highest BCUT2D eigenvalue weighted by Gasteiger charge is 1.93. The summed E-state index contributed by atoms with van der Waals surface area (Å²) in [6, 6.07) is 0. The van der Waals surface area contributed by atoms with E-state index in [0.29, 0.717) is 0 Å². The molecule has 0 aromatic rings. The molecule has 0 unspecified atom stereocenters. The summed E-state index contributed by atoms with van der Waals surface area (Å²) >= 11 is 1.63. The molecule has 2 nitrogen and oxygen atoms in total. The number of hydrazone groups is 1. The Labute approximate surface area is 66.3 Å². The number of nitrogens with zero attached hydrogens (tertiary/aromatic N) is 2. The van der Waals surface area contributed by atoms with Crippen molar-refractivity contribution in [2.45, 2.75) is 6.92 Å². The molecule has 3 heteroatoms. The Morgan fingerprint density at radius 2 is 2.30 bits per heavy atom. The van der Waals surface area contributed by atoms with Gasteiger partial charge in [0, 0.05) is 18.6 Å². The Morgan fingerprint density at radius 1 is 1.70 bits per heavy atom. The van der Waals surface area contributed by atoms with E-state index in [1.807, 2.05) is 18.6 Å². The van der Waals surface area contributed by atoms with Crippen molar-refractivity contribution in [3.05, 3.63) is 23.9 Å². The molecule has 0 fully saturated rings. The lowest BCUT2D eigenvalue weighted by atomic mass is 10.5. The second-order valence-corrected chi connectivity index (χ2v) is 2.37. The van der Waals surface area contributed by atoms with E-state index >= 15 is 0 Å². The fourth-order valence-electron chi connectivity index (χ4n) is 0.538. The van der Waals surface area contributed by atoms with Gasteiger partial charge >= 0.3 is 0 Å². The molecule has 10 heavy (non-hydrogen) atoms. The molecule has 0 N–H and O–H groups in total. The van der Waals surface area contributed by atoms with Crippen molar-refractivity contribution in [1.82, 2.24) is 5.01 Å². The van der Waals surface area contributed by atoms with Gasteiger partial charge in [0.2, 0.25) is 0 Å². The zero-order chi connectivity index (χ0) is 7.98. The van der Waals surface area contributed by atoms with Gasteiger partial charge in [-0.15, -0.1) is 11.8 Å². The lowest BCUT2D eigenvalue weighted by Gasteiger charge is -2.11. The second-order valence-electron chi connectivity index (χ2n) is 1.66. The van der Waals surface area contributed by atoms with Gasteiger partial charge in [-0.2, -0.15) is 5.10 Å². The predicted octanol–water partition coefficient (Wildman–Crippen LogP) is 2.27. The van der Waals surface area contributed by atoms with Crippen LogP contribution in [0.5, 0.6) is 0 Å². The highest BCUT2D eigenvalue weighted by molar-refractivity contribution is 8.01. The van der Waals surface area contributed by atoms with E-state index in [-0.39, 0.29) is 0 Å². The van der Waals surface area contributed by atoms with Gasteiger partial charge in [-0.05, 0) is 18.6 Å². The molecule has 0 aromatic carbocycles. The Kier molecular flexibility index (Phi) is 4.76. The molecule has 0 amide bonds. The molecular weight excluding hydrogens is 144 g/mol. The van der Waals surface area contributed by atoms with Crippen LogP contribution in [-0.4, -0.2) is 18.0 Å². The summed E-state index contributed by atoms with van der Waals surface area (Å²) in [5, 5.41) is 7.31. The predicted molar refractivity (Wildman–Crippen MR) is 48.9 cm³/mol. The molecule has 0 saturated heterocycles. The van der Waals surface area contributed by atoms with Crippen LogP contribution in [0.15, 0.2) is 29.0 Å². The summed E-state index contributed by atoms with van der Waals surface area (Å²) in [4.78, 5) is 0. The van der Waals surface area contributed by atoms with Gasteiger partial charge in [0.25, 0.3) is 0 Å². The number of thioether (sulfide) groups is 1. The monoisotopic (exact) mass is 156 g/mol. The van der Waals surface area contributed by atoms with Gasteiger partial charge in [0.1, 0.15) is 0 Å². The lowest BCUT2D eigenvalue weighted by Crippen LogP contribution is -2.04. The molecule has 0 aliphatic heterocycles. The minimum atomic E-state index is 1.03. The maximum atomic E-state index is 3.71. The summed E-state index contributed by atoms with van der Waals surface area (Å²) in [7, 11) is 0. The minimum absolute atomic E-state index is 1.03. The van der Waals surface area contributed by atoms with Crippen LogP contribution in [0.1, 0.15) is 6.92 Å². The molecule has 0 aromatic heterocycles. The molecule has 0 rings (SSSR count). The van der Waals surface area contributed by atoms with E-state index in [2.05, 4.69) is 18.4 Å². The molecule has 56 valence electrons. The first kappa shape index (κ1) is 9.30. The highest BCUT2D eigenvalue weighted by atomic mass is 32.2. The Bertz CT molecular complexity index is 144. The van der Waals surface area contributed by atoms with Gasteiger partial charge in [0.05, 0.1) is 0 Å². The van der Waals surface area contributed by atoms with Crippen molar-refractivity contribution >= 4 is 18.5 Å². The van der Waals surface area contributed by atoms with Crippen LogP contribution in [0.2, 0.25) is 0 Å². The highest BCUT2D eigenvalue weighted by Crippen LogP contribution is 2.08. The lowest BCUT2D eigenvalue weighted by molar-refractivity contribution is 0.507. The first-order valence-electron chi connectivity index (χ1n) is 2.84. The fourth-order valence-corrected chi connectivity index (χ4v) is 0.987. The van der Waals surface area contributed by atoms with Crippen LogP contribution in [0.4, 0.5) is 0 Å². The minimum Gasteiger partial charge on any atom is -0.246 e. The molecule has 0 heterocycles. The van der Waals surface area contributed by atoms with E-state index in [1.54, 1.807) is 23.0 Å². The Morgan fingerprint density at radius 3 is 2.60 bits per heavy atom. The summed E-state index contributed by atoms with van der Waals surface area (Å²) in [6.45, 7) is 8.92. The SMILES string of the molecule is C=CN(N=C)/C(C)=C/SC. The number of rotatable bonds is 4. The Hall–Kier alpha value is -0.700. The van der Waals surface area contributed by atoms with Crippen molar-refractivity contribution < 1.29 is 0 Å². The van der Waals surface area contributed by atoms with Gasteiger partial charge in [0.15, 0.2) is 0 Å². The van der Waals surface area contributed by atoms with Crippen molar-refractivity contribution in [3.8, 4) is 0 Å². The standard InChI is InChI=1S/C7H12N2S/c1-5-9(8-3)7(2)6-10-4/h5-6H,1,3H2,2,4H3/b7-6+. The third-order valence-electron chi connectivity index (χ3n) is 0.975. The van der Waals surface area contributed by atoms with Crippen LogP contribution in [0.25, 0.3) is 0 Å².